The molecule has 0 spiro atoms. The highest BCUT2D eigenvalue weighted by Gasteiger charge is 2.38. The maximum Gasteiger partial charge on any atom is 0.471 e. The fourth-order valence-corrected chi connectivity index (χ4v) is 1.72. The van der Waals surface area contributed by atoms with E-state index in [4.69, 9.17) is 0 Å². The number of alkyl halides is 3. The Kier molecular flexibility index (Phi) is 2.50. The molecule has 2 aromatic heterocycles. The van der Waals surface area contributed by atoms with Gasteiger partial charge in [0.2, 0.25) is 5.82 Å². The number of halogens is 3. The minimum absolute atomic E-state index is 0.176. The first kappa shape index (κ1) is 10.8. The van der Waals surface area contributed by atoms with E-state index in [-0.39, 0.29) is 5.82 Å². The Morgan fingerprint density at radius 1 is 1.38 bits per heavy atom. The Balaban J connectivity index is 2.35. The SMILES string of the molecule is O=Cc1ccc(-c2noc(C(F)(F)F)n2)s1. The van der Waals surface area contributed by atoms with Crippen LogP contribution in [0.5, 0.6) is 0 Å². The third kappa shape index (κ3) is 1.96. The minimum Gasteiger partial charge on any atom is -0.329 e. The van der Waals surface area contributed by atoms with E-state index in [0.717, 1.165) is 11.3 Å². The van der Waals surface area contributed by atoms with Gasteiger partial charge in [-0.1, -0.05) is 5.16 Å². The summed E-state index contributed by atoms with van der Waals surface area (Å²) in [6.45, 7) is 0. The van der Waals surface area contributed by atoms with Crippen molar-refractivity contribution in [2.75, 3.05) is 0 Å². The van der Waals surface area contributed by atoms with E-state index in [0.29, 0.717) is 16.0 Å². The van der Waals surface area contributed by atoms with Crippen LogP contribution in [0, 0.1) is 0 Å². The van der Waals surface area contributed by atoms with Gasteiger partial charge in [0.15, 0.2) is 6.29 Å². The zero-order valence-electron chi connectivity index (χ0n) is 7.49. The Bertz CT molecular complexity index is 517. The second-order valence-corrected chi connectivity index (χ2v) is 3.86. The first-order valence-corrected chi connectivity index (χ1v) is 4.78. The van der Waals surface area contributed by atoms with E-state index >= 15 is 0 Å². The largest absolute Gasteiger partial charge is 0.471 e. The van der Waals surface area contributed by atoms with Crippen molar-refractivity contribution in [2.45, 2.75) is 6.18 Å². The second-order valence-electron chi connectivity index (χ2n) is 2.74. The molecule has 0 saturated heterocycles. The molecule has 0 aliphatic carbocycles. The van der Waals surface area contributed by atoms with E-state index in [1.807, 2.05) is 0 Å². The predicted octanol–water partition coefficient (Wildman–Crippen LogP) is 2.63. The summed E-state index contributed by atoms with van der Waals surface area (Å²) >= 11 is 0.990. The zero-order chi connectivity index (χ0) is 11.8. The topological polar surface area (TPSA) is 56.0 Å². The highest BCUT2D eigenvalue weighted by Crippen LogP contribution is 2.31. The van der Waals surface area contributed by atoms with Crippen LogP contribution >= 0.6 is 11.3 Å². The summed E-state index contributed by atoms with van der Waals surface area (Å²) in [6, 6.07) is 2.93. The number of hydrogen-bond acceptors (Lipinski definition) is 5. The lowest BCUT2D eigenvalue weighted by Crippen LogP contribution is -2.04. The van der Waals surface area contributed by atoms with Crippen LogP contribution in [0.2, 0.25) is 0 Å². The van der Waals surface area contributed by atoms with Crippen molar-refractivity contribution < 1.29 is 22.5 Å². The van der Waals surface area contributed by atoms with Crippen molar-refractivity contribution in [3.8, 4) is 10.7 Å². The molecule has 0 N–H and O–H groups in total. The molecule has 0 aliphatic rings. The lowest BCUT2D eigenvalue weighted by Gasteiger charge is -1.95. The molecule has 16 heavy (non-hydrogen) atoms. The lowest BCUT2D eigenvalue weighted by atomic mass is 10.4. The third-order valence-corrected chi connectivity index (χ3v) is 2.64. The Hall–Kier alpha value is -1.70. The van der Waals surface area contributed by atoms with Gasteiger partial charge in [-0.15, -0.1) is 11.3 Å². The Morgan fingerprint density at radius 3 is 2.62 bits per heavy atom. The van der Waals surface area contributed by atoms with E-state index in [9.17, 15) is 18.0 Å². The molecule has 4 nitrogen and oxygen atoms in total. The van der Waals surface area contributed by atoms with Crippen LogP contribution in [0.1, 0.15) is 15.6 Å². The van der Waals surface area contributed by atoms with Gasteiger partial charge in [-0.3, -0.25) is 4.79 Å². The van der Waals surface area contributed by atoms with Gasteiger partial charge in [0.25, 0.3) is 0 Å². The average Bonchev–Trinajstić information content (AvgIpc) is 2.85. The molecule has 8 heteroatoms. The minimum atomic E-state index is -4.66. The maximum absolute atomic E-state index is 12.1. The zero-order valence-corrected chi connectivity index (χ0v) is 8.30. The van der Waals surface area contributed by atoms with Crippen molar-refractivity contribution in [1.29, 1.82) is 0 Å². The van der Waals surface area contributed by atoms with E-state index in [2.05, 4.69) is 14.7 Å². The van der Waals surface area contributed by atoms with Gasteiger partial charge < -0.3 is 4.52 Å². The number of nitrogens with zero attached hydrogens (tertiary/aromatic N) is 2. The molecule has 0 aromatic carbocycles. The number of thiophene rings is 1. The van der Waals surface area contributed by atoms with Crippen LogP contribution in [0.25, 0.3) is 10.7 Å². The summed E-state index contributed by atoms with van der Waals surface area (Å²) in [6.07, 6.45) is -4.06. The number of carbonyl (C=O) groups excluding carboxylic acids is 1. The van der Waals surface area contributed by atoms with Crippen LogP contribution in [0.15, 0.2) is 16.7 Å². The number of aldehydes is 1. The maximum atomic E-state index is 12.1. The van der Waals surface area contributed by atoms with Crippen molar-refractivity contribution in [3.05, 3.63) is 22.9 Å². The number of rotatable bonds is 2. The van der Waals surface area contributed by atoms with E-state index in [1.54, 1.807) is 0 Å². The van der Waals surface area contributed by atoms with E-state index in [1.165, 1.54) is 12.1 Å². The van der Waals surface area contributed by atoms with Crippen LogP contribution in [-0.2, 0) is 6.18 Å². The van der Waals surface area contributed by atoms with Crippen molar-refractivity contribution in [3.63, 3.8) is 0 Å². The van der Waals surface area contributed by atoms with Gasteiger partial charge in [0, 0.05) is 0 Å². The molecule has 0 fully saturated rings. The van der Waals surface area contributed by atoms with E-state index < -0.39 is 12.1 Å². The smallest absolute Gasteiger partial charge is 0.329 e. The molecule has 2 heterocycles. The van der Waals surface area contributed by atoms with Gasteiger partial charge >= 0.3 is 12.1 Å². The van der Waals surface area contributed by atoms with Gasteiger partial charge in [-0.25, -0.2) is 0 Å². The fraction of sp³-hybridized carbons (Fsp3) is 0.125. The molecule has 2 rings (SSSR count). The van der Waals surface area contributed by atoms with Crippen LogP contribution < -0.4 is 0 Å². The molecule has 0 bridgehead atoms. The second kappa shape index (κ2) is 3.71. The highest BCUT2D eigenvalue weighted by molar-refractivity contribution is 7.16. The van der Waals surface area contributed by atoms with Gasteiger partial charge in [0.1, 0.15) is 0 Å². The molecule has 0 saturated carbocycles. The van der Waals surface area contributed by atoms with Gasteiger partial charge in [0.05, 0.1) is 9.75 Å². The Labute approximate surface area is 90.7 Å². The standard InChI is InChI=1S/C8H3F3N2O2S/c9-8(10,11)7-12-6(13-15-7)5-2-1-4(3-14)16-5/h1-3H. The quantitative estimate of drug-likeness (QED) is 0.766. The summed E-state index contributed by atoms with van der Waals surface area (Å²) in [5.74, 6) is -1.58. The average molecular weight is 248 g/mol. The summed E-state index contributed by atoms with van der Waals surface area (Å²) in [4.78, 5) is 14.3. The fourth-order valence-electron chi connectivity index (χ4n) is 0.975. The van der Waals surface area contributed by atoms with Crippen LogP contribution in [0.4, 0.5) is 13.2 Å². The summed E-state index contributed by atoms with van der Waals surface area (Å²) in [7, 11) is 0. The molecule has 0 radical (unpaired) electrons. The van der Waals surface area contributed by atoms with Crippen LogP contribution in [0.3, 0.4) is 0 Å². The molecule has 84 valence electrons. The molecule has 2 aromatic rings. The lowest BCUT2D eigenvalue weighted by molar-refractivity contribution is -0.159. The van der Waals surface area contributed by atoms with Gasteiger partial charge in [-0.05, 0) is 12.1 Å². The van der Waals surface area contributed by atoms with Crippen molar-refractivity contribution in [1.82, 2.24) is 10.1 Å². The Morgan fingerprint density at radius 2 is 2.12 bits per heavy atom. The molecule has 0 amide bonds. The molecular formula is C8H3F3N2O2S. The molecule has 0 atom stereocenters. The highest BCUT2D eigenvalue weighted by atomic mass is 32.1. The van der Waals surface area contributed by atoms with Crippen LogP contribution in [-0.4, -0.2) is 16.4 Å². The first-order valence-electron chi connectivity index (χ1n) is 3.97. The van der Waals surface area contributed by atoms with Crippen molar-refractivity contribution >= 4 is 17.6 Å². The predicted molar refractivity (Wildman–Crippen MR) is 48.0 cm³/mol. The first-order chi connectivity index (χ1) is 7.50. The molecule has 0 aliphatic heterocycles. The molecular weight excluding hydrogens is 245 g/mol. The summed E-state index contributed by atoms with van der Waals surface area (Å²) in [5, 5.41) is 3.19. The normalized spacial score (nSPS) is 11.7. The van der Waals surface area contributed by atoms with Gasteiger partial charge in [-0.2, -0.15) is 18.2 Å². The third-order valence-electron chi connectivity index (χ3n) is 1.63. The number of hydrogen-bond donors (Lipinski definition) is 0. The monoisotopic (exact) mass is 248 g/mol. The molecule has 0 unspecified atom stereocenters. The van der Waals surface area contributed by atoms with Crippen molar-refractivity contribution in [2.24, 2.45) is 0 Å². The number of carbonyl (C=O) groups is 1. The summed E-state index contributed by atoms with van der Waals surface area (Å²) in [5.41, 5.74) is 0. The number of aromatic nitrogens is 2. The summed E-state index contributed by atoms with van der Waals surface area (Å²) < 4.78 is 40.5.